The normalized spacial score (nSPS) is 21.1. The highest BCUT2D eigenvalue weighted by atomic mass is 16.2. The molecule has 0 radical (unpaired) electrons. The minimum absolute atomic E-state index is 0.0208. The lowest BCUT2D eigenvalue weighted by Crippen LogP contribution is -2.43. The summed E-state index contributed by atoms with van der Waals surface area (Å²) < 4.78 is 2.07. The van der Waals surface area contributed by atoms with Crippen LogP contribution in [0.3, 0.4) is 0 Å². The number of piperidine rings is 1. The van der Waals surface area contributed by atoms with E-state index in [4.69, 9.17) is 5.10 Å². The number of carbonyl (C=O) groups is 3. The van der Waals surface area contributed by atoms with Crippen LogP contribution in [0.2, 0.25) is 0 Å². The van der Waals surface area contributed by atoms with E-state index in [1.54, 1.807) is 24.3 Å². The van der Waals surface area contributed by atoms with Crippen LogP contribution in [0.5, 0.6) is 0 Å². The van der Waals surface area contributed by atoms with Crippen molar-refractivity contribution in [2.24, 2.45) is 0 Å². The Balaban J connectivity index is 1.27. The van der Waals surface area contributed by atoms with Crippen molar-refractivity contribution in [3.05, 3.63) is 64.8 Å². The van der Waals surface area contributed by atoms with E-state index in [0.717, 1.165) is 23.7 Å². The number of likely N-dealkylation sites (tertiary alicyclic amines) is 1. The third kappa shape index (κ3) is 3.63. The summed E-state index contributed by atoms with van der Waals surface area (Å²) in [7, 11) is 0. The first-order chi connectivity index (χ1) is 16.3. The predicted molar refractivity (Wildman–Crippen MR) is 128 cm³/mol. The number of urea groups is 1. The molecule has 8 nitrogen and oxygen atoms in total. The van der Waals surface area contributed by atoms with Gasteiger partial charge in [0.25, 0.3) is 11.8 Å². The van der Waals surface area contributed by atoms with Crippen LogP contribution in [0.15, 0.2) is 42.6 Å². The number of aryl methyl sites for hydroxylation is 2. The lowest BCUT2D eigenvalue weighted by atomic mass is 9.87. The number of hydrogen-bond acceptors (Lipinski definition) is 4. The van der Waals surface area contributed by atoms with Crippen molar-refractivity contribution in [2.45, 2.75) is 51.6 Å². The lowest BCUT2D eigenvalue weighted by molar-refractivity contribution is -0.124. The Labute approximate surface area is 198 Å². The third-order valence-corrected chi connectivity index (χ3v) is 7.18. The molecule has 2 N–H and O–H groups in total. The van der Waals surface area contributed by atoms with E-state index in [1.807, 2.05) is 11.8 Å². The van der Waals surface area contributed by atoms with Gasteiger partial charge in [-0.15, -0.1) is 0 Å². The third-order valence-electron chi connectivity index (χ3n) is 7.18. The van der Waals surface area contributed by atoms with Crippen LogP contribution in [-0.2, 0) is 10.3 Å². The van der Waals surface area contributed by atoms with Gasteiger partial charge in [-0.2, -0.15) is 5.10 Å². The number of benzene rings is 2. The molecule has 1 aromatic heterocycles. The molecular formula is C26H29N5O3. The van der Waals surface area contributed by atoms with Crippen molar-refractivity contribution in [3.63, 3.8) is 0 Å². The number of nitrogens with zero attached hydrogens (tertiary/aromatic N) is 3. The summed E-state index contributed by atoms with van der Waals surface area (Å²) >= 11 is 0. The van der Waals surface area contributed by atoms with Crippen molar-refractivity contribution in [1.82, 2.24) is 25.3 Å². The Bertz CT molecular complexity index is 1290. The van der Waals surface area contributed by atoms with Gasteiger partial charge in [-0.3, -0.25) is 19.6 Å². The van der Waals surface area contributed by atoms with E-state index in [9.17, 15) is 14.4 Å². The SMILES string of the molecule is CC[C@]1(c2ccc(C(=O)N3CCC(n4cc5cc(C)cc(C)c5n4)CC3)cc2)NC(=O)NC1=O. The maximum atomic E-state index is 13.1. The zero-order valence-electron chi connectivity index (χ0n) is 19.7. The molecule has 3 aromatic rings. The van der Waals surface area contributed by atoms with Gasteiger partial charge in [-0.05, 0) is 62.4 Å². The first kappa shape index (κ1) is 22.1. The molecule has 34 heavy (non-hydrogen) atoms. The zero-order valence-corrected chi connectivity index (χ0v) is 19.7. The average molecular weight is 460 g/mol. The van der Waals surface area contributed by atoms with Crippen molar-refractivity contribution in [3.8, 4) is 0 Å². The van der Waals surface area contributed by atoms with E-state index in [1.165, 1.54) is 11.1 Å². The Kier molecular flexibility index (Phi) is 5.38. The van der Waals surface area contributed by atoms with Gasteiger partial charge >= 0.3 is 6.03 Å². The number of imide groups is 1. The van der Waals surface area contributed by atoms with Crippen LogP contribution < -0.4 is 10.6 Å². The minimum atomic E-state index is -1.08. The number of rotatable bonds is 4. The first-order valence-electron chi connectivity index (χ1n) is 11.8. The van der Waals surface area contributed by atoms with Crippen molar-refractivity contribution in [2.75, 3.05) is 13.1 Å². The standard InChI is InChI=1S/C26H29N5O3/c1-4-26(24(33)27-25(34)28-26)20-7-5-18(6-8-20)23(32)30-11-9-21(10-12-30)31-15-19-14-16(2)13-17(3)22(19)29-31/h5-8,13-15,21H,4,9-12H2,1-3H3,(H2,27,28,33,34)/t26-/m1/s1. The molecule has 3 heterocycles. The smallest absolute Gasteiger partial charge is 0.322 e. The lowest BCUT2D eigenvalue weighted by Gasteiger charge is -2.32. The molecule has 2 saturated heterocycles. The molecule has 8 heteroatoms. The molecule has 5 rings (SSSR count). The largest absolute Gasteiger partial charge is 0.338 e. The summed E-state index contributed by atoms with van der Waals surface area (Å²) in [4.78, 5) is 39.0. The summed E-state index contributed by atoms with van der Waals surface area (Å²) in [6.07, 6.45) is 4.24. The summed E-state index contributed by atoms with van der Waals surface area (Å²) in [5.74, 6) is -0.384. The molecule has 0 aliphatic carbocycles. The number of carbonyl (C=O) groups excluding carboxylic acids is 3. The number of hydrogen-bond donors (Lipinski definition) is 2. The fraction of sp³-hybridized carbons (Fsp3) is 0.385. The van der Waals surface area contributed by atoms with Crippen LogP contribution >= 0.6 is 0 Å². The Morgan fingerprint density at radius 1 is 1.12 bits per heavy atom. The minimum Gasteiger partial charge on any atom is -0.338 e. The quantitative estimate of drug-likeness (QED) is 0.583. The highest BCUT2D eigenvalue weighted by molar-refractivity contribution is 6.07. The Hall–Kier alpha value is -3.68. The van der Waals surface area contributed by atoms with E-state index in [-0.39, 0.29) is 17.9 Å². The van der Waals surface area contributed by atoms with Gasteiger partial charge < -0.3 is 10.2 Å². The molecule has 1 atom stereocenters. The molecule has 2 aromatic carbocycles. The molecule has 0 bridgehead atoms. The molecule has 0 saturated carbocycles. The van der Waals surface area contributed by atoms with Crippen molar-refractivity contribution < 1.29 is 14.4 Å². The van der Waals surface area contributed by atoms with Crippen molar-refractivity contribution in [1.29, 1.82) is 0 Å². The summed E-state index contributed by atoms with van der Waals surface area (Å²) in [6.45, 7) is 7.36. The summed E-state index contributed by atoms with van der Waals surface area (Å²) in [6, 6.07) is 11.1. The molecule has 0 unspecified atom stereocenters. The van der Waals surface area contributed by atoms with Gasteiger partial charge in [0.15, 0.2) is 0 Å². The molecule has 2 aliphatic heterocycles. The highest BCUT2D eigenvalue weighted by Gasteiger charge is 2.46. The topological polar surface area (TPSA) is 96.3 Å². The Morgan fingerprint density at radius 3 is 2.44 bits per heavy atom. The maximum Gasteiger partial charge on any atom is 0.322 e. The van der Waals surface area contributed by atoms with Gasteiger partial charge in [0.05, 0.1) is 11.6 Å². The van der Waals surface area contributed by atoms with Crippen molar-refractivity contribution >= 4 is 28.7 Å². The molecule has 0 spiro atoms. The van der Waals surface area contributed by atoms with Crippen LogP contribution in [0.1, 0.15) is 59.3 Å². The van der Waals surface area contributed by atoms with Crippen LogP contribution in [-0.4, -0.2) is 45.6 Å². The predicted octanol–water partition coefficient (Wildman–Crippen LogP) is 3.58. The number of amides is 4. The molecular weight excluding hydrogens is 430 g/mol. The fourth-order valence-electron chi connectivity index (χ4n) is 5.26. The molecule has 4 amide bonds. The van der Waals surface area contributed by atoms with Gasteiger partial charge in [0, 0.05) is 30.2 Å². The van der Waals surface area contributed by atoms with Crippen LogP contribution in [0.25, 0.3) is 10.9 Å². The Morgan fingerprint density at radius 2 is 1.82 bits per heavy atom. The van der Waals surface area contributed by atoms with Crippen LogP contribution in [0, 0.1) is 13.8 Å². The maximum absolute atomic E-state index is 13.1. The van der Waals surface area contributed by atoms with Gasteiger partial charge in [-0.1, -0.05) is 30.7 Å². The number of fused-ring (bicyclic) bond motifs is 1. The second-order valence-corrected chi connectivity index (χ2v) is 9.40. The van der Waals surface area contributed by atoms with E-state index >= 15 is 0 Å². The average Bonchev–Trinajstić information content (AvgIpc) is 3.39. The first-order valence-corrected chi connectivity index (χ1v) is 11.8. The van der Waals surface area contributed by atoms with E-state index in [0.29, 0.717) is 30.6 Å². The number of nitrogens with one attached hydrogen (secondary N) is 2. The zero-order chi connectivity index (χ0) is 24.0. The van der Waals surface area contributed by atoms with Gasteiger partial charge in [0.2, 0.25) is 0 Å². The second-order valence-electron chi connectivity index (χ2n) is 9.40. The van der Waals surface area contributed by atoms with E-state index in [2.05, 4.69) is 47.5 Å². The second kappa shape index (κ2) is 8.27. The highest BCUT2D eigenvalue weighted by Crippen LogP contribution is 2.30. The molecule has 176 valence electrons. The summed E-state index contributed by atoms with van der Waals surface area (Å²) in [5, 5.41) is 11.0. The van der Waals surface area contributed by atoms with Gasteiger partial charge in [0.1, 0.15) is 5.54 Å². The fourth-order valence-corrected chi connectivity index (χ4v) is 5.26. The van der Waals surface area contributed by atoms with Crippen LogP contribution in [0.4, 0.5) is 4.79 Å². The number of aromatic nitrogens is 2. The summed E-state index contributed by atoms with van der Waals surface area (Å²) in [5.41, 5.74) is 3.63. The van der Waals surface area contributed by atoms with Gasteiger partial charge in [-0.25, -0.2) is 4.79 Å². The molecule has 2 fully saturated rings. The monoisotopic (exact) mass is 459 g/mol. The molecule has 2 aliphatic rings. The van der Waals surface area contributed by atoms with E-state index < -0.39 is 11.6 Å².